The third kappa shape index (κ3) is 8.98. The minimum Gasteiger partial charge on any atom is -0.352 e. The van der Waals surface area contributed by atoms with Gasteiger partial charge in [-0.2, -0.15) is 13.2 Å². The van der Waals surface area contributed by atoms with Crippen LogP contribution in [0.3, 0.4) is 0 Å². The van der Waals surface area contributed by atoms with Gasteiger partial charge in [-0.1, -0.05) is 82.8 Å². The number of alkyl halides is 3. The Morgan fingerprint density at radius 3 is 2.23 bits per heavy atom. The Kier molecular flexibility index (Phi) is 11.0. The molecule has 44 heavy (non-hydrogen) atoms. The number of nitrogens with zero attached hydrogens (tertiary/aromatic N) is 2. The van der Waals surface area contributed by atoms with E-state index in [4.69, 9.17) is 11.6 Å². The summed E-state index contributed by atoms with van der Waals surface area (Å²) < 4.78 is 67.9. The normalized spacial score (nSPS) is 14.7. The van der Waals surface area contributed by atoms with Crippen molar-refractivity contribution < 1.29 is 31.2 Å². The fourth-order valence-corrected chi connectivity index (χ4v) is 6.57. The average molecular weight is 715 g/mol. The molecular formula is C31H32BrClF3N3O4S. The number of nitrogens with one attached hydrogen (secondary N) is 1. The molecule has 0 aliphatic heterocycles. The lowest BCUT2D eigenvalue weighted by atomic mass is 10.0. The highest BCUT2D eigenvalue weighted by atomic mass is 79.9. The van der Waals surface area contributed by atoms with Crippen molar-refractivity contribution in [1.82, 2.24) is 10.2 Å². The largest absolute Gasteiger partial charge is 0.416 e. The number of carbonyl (C=O) groups excluding carboxylic acids is 2. The van der Waals surface area contributed by atoms with E-state index in [0.717, 1.165) is 54.1 Å². The molecule has 1 atom stereocenters. The van der Waals surface area contributed by atoms with Crippen molar-refractivity contribution in [2.75, 3.05) is 17.1 Å². The Bertz CT molecular complexity index is 1570. The Hall–Kier alpha value is -3.09. The number of rotatable bonds is 11. The summed E-state index contributed by atoms with van der Waals surface area (Å²) in [5.74, 6) is -1.18. The molecule has 0 heterocycles. The Balaban J connectivity index is 1.76. The smallest absolute Gasteiger partial charge is 0.352 e. The molecule has 0 radical (unpaired) electrons. The predicted molar refractivity (Wildman–Crippen MR) is 168 cm³/mol. The molecule has 1 N–H and O–H groups in total. The van der Waals surface area contributed by atoms with Gasteiger partial charge in [0.2, 0.25) is 21.8 Å². The molecule has 1 saturated carbocycles. The molecule has 0 bridgehead atoms. The molecule has 13 heteroatoms. The number of anilines is 1. The maximum atomic E-state index is 14.2. The third-order valence-corrected chi connectivity index (χ3v) is 9.43. The predicted octanol–water partition coefficient (Wildman–Crippen LogP) is 6.59. The van der Waals surface area contributed by atoms with Crippen molar-refractivity contribution in [3.8, 4) is 0 Å². The second-order valence-corrected chi connectivity index (χ2v) is 14.0. The van der Waals surface area contributed by atoms with Gasteiger partial charge in [-0.15, -0.1) is 0 Å². The lowest BCUT2D eigenvalue weighted by Crippen LogP contribution is -2.54. The number of benzene rings is 3. The van der Waals surface area contributed by atoms with Gasteiger partial charge < -0.3 is 10.2 Å². The zero-order valence-electron chi connectivity index (χ0n) is 23.9. The summed E-state index contributed by atoms with van der Waals surface area (Å²) in [6, 6.07) is 17.3. The molecule has 2 amide bonds. The van der Waals surface area contributed by atoms with E-state index in [-0.39, 0.29) is 24.0 Å². The fraction of sp³-hybridized carbons (Fsp3) is 0.355. The quantitative estimate of drug-likeness (QED) is 0.243. The summed E-state index contributed by atoms with van der Waals surface area (Å²) >= 11 is 9.59. The van der Waals surface area contributed by atoms with E-state index in [2.05, 4.69) is 21.2 Å². The summed E-state index contributed by atoms with van der Waals surface area (Å²) in [6.07, 6.45) is -0.317. The van der Waals surface area contributed by atoms with Crippen LogP contribution in [0.25, 0.3) is 0 Å². The average Bonchev–Trinajstić information content (AvgIpc) is 3.47. The molecule has 7 nitrogen and oxygen atoms in total. The minimum atomic E-state index is -4.78. The maximum absolute atomic E-state index is 14.2. The lowest BCUT2D eigenvalue weighted by molar-refractivity contribution is -0.140. The highest BCUT2D eigenvalue weighted by molar-refractivity contribution is 9.10. The summed E-state index contributed by atoms with van der Waals surface area (Å²) in [5.41, 5.74) is -0.177. The van der Waals surface area contributed by atoms with Crippen molar-refractivity contribution in [2.45, 2.75) is 56.9 Å². The van der Waals surface area contributed by atoms with Gasteiger partial charge in [0.1, 0.15) is 12.6 Å². The van der Waals surface area contributed by atoms with Crippen LogP contribution >= 0.6 is 27.5 Å². The molecular weight excluding hydrogens is 683 g/mol. The van der Waals surface area contributed by atoms with E-state index in [1.54, 1.807) is 24.3 Å². The van der Waals surface area contributed by atoms with E-state index >= 15 is 0 Å². The van der Waals surface area contributed by atoms with Gasteiger partial charge in [0.15, 0.2) is 0 Å². The molecule has 1 aliphatic carbocycles. The summed E-state index contributed by atoms with van der Waals surface area (Å²) in [4.78, 5) is 29.3. The van der Waals surface area contributed by atoms with E-state index in [1.807, 2.05) is 30.3 Å². The number of halogens is 5. The van der Waals surface area contributed by atoms with E-state index in [9.17, 15) is 31.2 Å². The number of carbonyl (C=O) groups is 2. The minimum absolute atomic E-state index is 0.0539. The first-order valence-electron chi connectivity index (χ1n) is 13.9. The molecule has 0 spiro atoms. The van der Waals surface area contributed by atoms with Crippen LogP contribution in [0.15, 0.2) is 77.3 Å². The zero-order valence-corrected chi connectivity index (χ0v) is 27.0. The van der Waals surface area contributed by atoms with E-state index in [1.165, 1.54) is 4.90 Å². The fourth-order valence-electron chi connectivity index (χ4n) is 5.18. The van der Waals surface area contributed by atoms with Gasteiger partial charge in [0, 0.05) is 23.5 Å². The summed E-state index contributed by atoms with van der Waals surface area (Å²) in [6.45, 7) is -0.936. The third-order valence-electron chi connectivity index (χ3n) is 7.46. The van der Waals surface area contributed by atoms with E-state index < -0.39 is 51.9 Å². The van der Waals surface area contributed by atoms with Gasteiger partial charge in [0.25, 0.3) is 0 Å². The topological polar surface area (TPSA) is 86.8 Å². The second-order valence-electron chi connectivity index (χ2n) is 10.8. The maximum Gasteiger partial charge on any atom is 0.416 e. The SMILES string of the molecule is CS(=O)(=O)N(CC(=O)N(Cc1ccc(Br)cc1)[C@H](Cc1ccccc1)C(=O)NC1CCCC1)c1cc(C(F)(F)F)ccc1Cl. The first-order valence-corrected chi connectivity index (χ1v) is 17.0. The molecule has 0 saturated heterocycles. The second kappa shape index (κ2) is 14.3. The lowest BCUT2D eigenvalue weighted by Gasteiger charge is -2.34. The van der Waals surface area contributed by atoms with Gasteiger partial charge in [-0.3, -0.25) is 13.9 Å². The Morgan fingerprint density at radius 1 is 1.00 bits per heavy atom. The number of amides is 2. The van der Waals surface area contributed by atoms with Crippen LogP contribution in [0.1, 0.15) is 42.4 Å². The van der Waals surface area contributed by atoms with Gasteiger partial charge in [-0.25, -0.2) is 8.42 Å². The van der Waals surface area contributed by atoms with Crippen molar-refractivity contribution in [1.29, 1.82) is 0 Å². The van der Waals surface area contributed by atoms with Gasteiger partial charge >= 0.3 is 6.18 Å². The number of hydrogen-bond donors (Lipinski definition) is 1. The van der Waals surface area contributed by atoms with Crippen molar-refractivity contribution in [2.24, 2.45) is 0 Å². The highest BCUT2D eigenvalue weighted by Crippen LogP contribution is 2.36. The summed E-state index contributed by atoms with van der Waals surface area (Å²) in [7, 11) is -4.31. The van der Waals surface area contributed by atoms with Gasteiger partial charge in [0.05, 0.1) is 22.5 Å². The molecule has 1 aliphatic rings. The molecule has 3 aromatic carbocycles. The number of sulfonamides is 1. The molecule has 0 unspecified atom stereocenters. The monoisotopic (exact) mass is 713 g/mol. The molecule has 0 aromatic heterocycles. The van der Waals surface area contributed by atoms with Crippen LogP contribution in [-0.2, 0) is 38.8 Å². The van der Waals surface area contributed by atoms with Crippen molar-refractivity contribution in [3.05, 3.63) is 99.0 Å². The van der Waals surface area contributed by atoms with Crippen LogP contribution in [-0.4, -0.2) is 50.0 Å². The van der Waals surface area contributed by atoms with E-state index in [0.29, 0.717) is 15.9 Å². The Labute approximate surface area is 268 Å². The van der Waals surface area contributed by atoms with Crippen LogP contribution < -0.4 is 9.62 Å². The molecule has 236 valence electrons. The van der Waals surface area contributed by atoms with Crippen LogP contribution in [0.5, 0.6) is 0 Å². The van der Waals surface area contributed by atoms with Gasteiger partial charge in [-0.05, 0) is 54.3 Å². The molecule has 1 fully saturated rings. The number of hydrogen-bond acceptors (Lipinski definition) is 4. The zero-order chi connectivity index (χ0) is 32.1. The van der Waals surface area contributed by atoms with Crippen molar-refractivity contribution in [3.63, 3.8) is 0 Å². The first kappa shape index (κ1) is 33.8. The first-order chi connectivity index (χ1) is 20.7. The Morgan fingerprint density at radius 2 is 1.64 bits per heavy atom. The summed E-state index contributed by atoms with van der Waals surface area (Å²) in [5, 5.41) is 2.78. The molecule has 3 aromatic rings. The standard InChI is InChI=1S/C31H32BrClF3N3O4S/c1-44(42,43)39(27-18-23(31(34,35)36)13-16-26(27)33)20-29(40)38(19-22-11-14-24(32)15-12-22)28(17-21-7-3-2-4-8-21)30(41)37-25-9-5-6-10-25/h2-4,7-8,11-16,18,25,28H,5-6,9-10,17,19-20H2,1H3,(H,37,41)/t28-/m1/s1. The van der Waals surface area contributed by atoms with Crippen LogP contribution in [0, 0.1) is 0 Å². The molecule has 4 rings (SSSR count). The highest BCUT2D eigenvalue weighted by Gasteiger charge is 2.36. The van der Waals surface area contributed by atoms with Crippen molar-refractivity contribution >= 4 is 55.1 Å². The van der Waals surface area contributed by atoms with Crippen LogP contribution in [0.4, 0.5) is 18.9 Å². The van der Waals surface area contributed by atoms with Crippen LogP contribution in [0.2, 0.25) is 5.02 Å².